The van der Waals surface area contributed by atoms with E-state index in [1.54, 1.807) is 38.6 Å². The van der Waals surface area contributed by atoms with E-state index in [0.29, 0.717) is 30.0 Å². The molecule has 0 radical (unpaired) electrons. The molecule has 4 rings (SSSR count). The fourth-order valence-electron chi connectivity index (χ4n) is 3.94. The van der Waals surface area contributed by atoms with Crippen molar-refractivity contribution in [2.75, 3.05) is 6.54 Å². The monoisotopic (exact) mass is 435 g/mol. The van der Waals surface area contributed by atoms with Crippen molar-refractivity contribution in [1.29, 1.82) is 0 Å². The van der Waals surface area contributed by atoms with Crippen LogP contribution in [0.1, 0.15) is 35.1 Å². The average Bonchev–Trinajstić information content (AvgIpc) is 3.35. The van der Waals surface area contributed by atoms with Crippen molar-refractivity contribution in [3.63, 3.8) is 0 Å². The molecule has 1 fully saturated rings. The molecule has 3 heterocycles. The van der Waals surface area contributed by atoms with E-state index in [-0.39, 0.29) is 23.4 Å². The molecule has 0 saturated carbocycles. The van der Waals surface area contributed by atoms with E-state index in [1.807, 2.05) is 4.57 Å². The molecule has 0 unspecified atom stereocenters. The predicted octanol–water partition coefficient (Wildman–Crippen LogP) is 2.94. The Kier molecular flexibility index (Phi) is 5.81. The molecule has 9 heteroatoms. The second-order valence-electron chi connectivity index (χ2n) is 7.62. The molecule has 3 aromatic rings. The van der Waals surface area contributed by atoms with Crippen molar-refractivity contribution in [2.45, 2.75) is 32.9 Å². The molecule has 1 amide bonds. The van der Waals surface area contributed by atoms with Gasteiger partial charge in [0.25, 0.3) is 11.7 Å². The Morgan fingerprint density at radius 1 is 1.22 bits per heavy atom. The predicted molar refractivity (Wildman–Crippen MR) is 114 cm³/mol. The summed E-state index contributed by atoms with van der Waals surface area (Å²) in [6.45, 7) is 4.22. The van der Waals surface area contributed by atoms with Crippen molar-refractivity contribution in [1.82, 2.24) is 24.4 Å². The van der Waals surface area contributed by atoms with Gasteiger partial charge in [0.15, 0.2) is 0 Å². The zero-order chi connectivity index (χ0) is 22.8. The number of Topliss-reactive ketones (excluding diaryl/α,β-unsaturated/α-hetero) is 1. The molecule has 0 aliphatic carbocycles. The van der Waals surface area contributed by atoms with Crippen molar-refractivity contribution >= 4 is 17.4 Å². The number of aliphatic hydroxyl groups excluding tert-OH is 1. The molecule has 8 nitrogen and oxygen atoms in total. The molecule has 32 heavy (non-hydrogen) atoms. The van der Waals surface area contributed by atoms with Crippen LogP contribution in [0.5, 0.6) is 0 Å². The summed E-state index contributed by atoms with van der Waals surface area (Å²) in [6.07, 6.45) is 7.09. The summed E-state index contributed by atoms with van der Waals surface area (Å²) in [5, 5.41) is 11.1. The van der Waals surface area contributed by atoms with Crippen LogP contribution in [0, 0.1) is 19.7 Å². The summed E-state index contributed by atoms with van der Waals surface area (Å²) in [5.41, 5.74) is 1.03. The Labute approximate surface area is 184 Å². The van der Waals surface area contributed by atoms with Gasteiger partial charge in [-0.15, -0.1) is 0 Å². The van der Waals surface area contributed by atoms with E-state index in [0.717, 1.165) is 0 Å². The fourth-order valence-corrected chi connectivity index (χ4v) is 3.94. The second-order valence-corrected chi connectivity index (χ2v) is 7.62. The van der Waals surface area contributed by atoms with Crippen LogP contribution < -0.4 is 0 Å². The quantitative estimate of drug-likeness (QED) is 0.363. The number of amides is 1. The Morgan fingerprint density at radius 2 is 2.03 bits per heavy atom. The smallest absolute Gasteiger partial charge is 0.295 e. The van der Waals surface area contributed by atoms with Crippen LogP contribution in [0.4, 0.5) is 4.39 Å². The first-order valence-electron chi connectivity index (χ1n) is 10.2. The number of benzene rings is 1. The topological polar surface area (TPSA) is 101 Å². The first kappa shape index (κ1) is 21.4. The molecule has 1 N–H and O–H groups in total. The number of halogens is 1. The number of nitrogens with zero attached hydrogens (tertiary/aromatic N) is 5. The number of hydrogen-bond donors (Lipinski definition) is 1. The van der Waals surface area contributed by atoms with Crippen molar-refractivity contribution in [3.05, 3.63) is 83.2 Å². The second kappa shape index (κ2) is 8.70. The maximum atomic E-state index is 14.0. The Morgan fingerprint density at radius 3 is 2.72 bits per heavy atom. The van der Waals surface area contributed by atoms with E-state index in [9.17, 15) is 19.1 Å². The highest BCUT2D eigenvalue weighted by Crippen LogP contribution is 2.39. The maximum Gasteiger partial charge on any atom is 0.295 e. The first-order chi connectivity index (χ1) is 15.4. The van der Waals surface area contributed by atoms with E-state index >= 15 is 0 Å². The Bertz CT molecular complexity index is 1210. The standard InChI is InChI=1S/C23H22FN5O3/c1-14-18(12-26-15(2)27-14)21(30)19-20(16-5-3-6-17(24)11-16)29(23(32)22(19)31)9-4-8-28-10-7-25-13-28/h3,5-7,10-13,20,30H,4,8-9H2,1-2H3/b21-19+/t20-/m0/s1. The molecule has 1 aliphatic heterocycles. The van der Waals surface area contributed by atoms with Crippen LogP contribution in [0.25, 0.3) is 5.76 Å². The lowest BCUT2D eigenvalue weighted by molar-refractivity contribution is -0.139. The van der Waals surface area contributed by atoms with Gasteiger partial charge in [0.05, 0.1) is 29.2 Å². The van der Waals surface area contributed by atoms with Gasteiger partial charge in [-0.05, 0) is 38.0 Å². The number of carbonyl (C=O) groups excluding carboxylic acids is 2. The number of aliphatic hydroxyl groups is 1. The fraction of sp³-hybridized carbons (Fsp3) is 0.261. The van der Waals surface area contributed by atoms with Gasteiger partial charge in [-0.3, -0.25) is 9.59 Å². The molecule has 164 valence electrons. The minimum atomic E-state index is -0.922. The highest BCUT2D eigenvalue weighted by molar-refractivity contribution is 6.46. The lowest BCUT2D eigenvalue weighted by atomic mass is 9.95. The van der Waals surface area contributed by atoms with Crippen LogP contribution in [-0.2, 0) is 16.1 Å². The number of hydrogen-bond acceptors (Lipinski definition) is 6. The zero-order valence-corrected chi connectivity index (χ0v) is 17.7. The van der Waals surface area contributed by atoms with Gasteiger partial charge >= 0.3 is 0 Å². The van der Waals surface area contributed by atoms with Gasteiger partial charge in [0.2, 0.25) is 0 Å². The first-order valence-corrected chi connectivity index (χ1v) is 10.2. The van der Waals surface area contributed by atoms with E-state index in [4.69, 9.17) is 0 Å². The van der Waals surface area contributed by atoms with E-state index in [1.165, 1.54) is 29.3 Å². The van der Waals surface area contributed by atoms with Gasteiger partial charge in [0.1, 0.15) is 17.4 Å². The van der Waals surface area contributed by atoms with Crippen molar-refractivity contribution < 1.29 is 19.1 Å². The molecular weight excluding hydrogens is 413 g/mol. The number of likely N-dealkylation sites (tertiary alicyclic amines) is 1. The van der Waals surface area contributed by atoms with Gasteiger partial charge in [-0.2, -0.15) is 0 Å². The number of aromatic nitrogens is 4. The Hall–Kier alpha value is -3.88. The third kappa shape index (κ3) is 4.01. The zero-order valence-electron chi connectivity index (χ0n) is 17.7. The van der Waals surface area contributed by atoms with Crippen molar-refractivity contribution in [3.8, 4) is 0 Å². The maximum absolute atomic E-state index is 14.0. The molecule has 1 aromatic carbocycles. The highest BCUT2D eigenvalue weighted by atomic mass is 19.1. The molecule has 0 spiro atoms. The number of rotatable bonds is 6. The van der Waals surface area contributed by atoms with Crippen LogP contribution in [0.3, 0.4) is 0 Å². The molecule has 2 aromatic heterocycles. The van der Waals surface area contributed by atoms with Crippen LogP contribution in [0.15, 0.2) is 54.8 Å². The van der Waals surface area contributed by atoms with E-state index < -0.39 is 23.5 Å². The van der Waals surface area contributed by atoms with Crippen LogP contribution >= 0.6 is 0 Å². The minimum Gasteiger partial charge on any atom is -0.507 e. The summed E-state index contributed by atoms with van der Waals surface area (Å²) in [7, 11) is 0. The average molecular weight is 435 g/mol. The molecule has 0 bridgehead atoms. The number of aryl methyl sites for hydroxylation is 3. The number of ketones is 1. The van der Waals surface area contributed by atoms with Crippen molar-refractivity contribution in [2.24, 2.45) is 0 Å². The van der Waals surface area contributed by atoms with Crippen LogP contribution in [-0.4, -0.2) is 47.8 Å². The molecule has 1 saturated heterocycles. The highest BCUT2D eigenvalue weighted by Gasteiger charge is 2.46. The largest absolute Gasteiger partial charge is 0.507 e. The summed E-state index contributed by atoms with van der Waals surface area (Å²) < 4.78 is 15.9. The summed E-state index contributed by atoms with van der Waals surface area (Å²) in [4.78, 5) is 39.7. The van der Waals surface area contributed by atoms with E-state index in [2.05, 4.69) is 15.0 Å². The molecule has 1 aliphatic rings. The lowest BCUT2D eigenvalue weighted by Crippen LogP contribution is -2.31. The SMILES string of the molecule is Cc1ncc(/C(O)=C2\C(=O)C(=O)N(CCCn3ccnc3)[C@H]2c2cccc(F)c2)c(C)n1. The van der Waals surface area contributed by atoms with Gasteiger partial charge in [-0.25, -0.2) is 19.3 Å². The number of imidazole rings is 1. The van der Waals surface area contributed by atoms with Gasteiger partial charge in [-0.1, -0.05) is 12.1 Å². The summed E-state index contributed by atoms with van der Waals surface area (Å²) in [6, 6.07) is 4.78. The minimum absolute atomic E-state index is 0.0983. The van der Waals surface area contributed by atoms with Crippen LogP contribution in [0.2, 0.25) is 0 Å². The third-order valence-electron chi connectivity index (χ3n) is 5.43. The third-order valence-corrected chi connectivity index (χ3v) is 5.43. The summed E-state index contributed by atoms with van der Waals surface area (Å²) >= 11 is 0. The number of carbonyl (C=O) groups is 2. The Balaban J connectivity index is 1.76. The normalized spacial score (nSPS) is 17.8. The molecular formula is C23H22FN5O3. The van der Waals surface area contributed by atoms with Gasteiger partial charge in [0, 0.05) is 31.7 Å². The lowest BCUT2D eigenvalue weighted by Gasteiger charge is -2.25. The van der Waals surface area contributed by atoms with Gasteiger partial charge < -0.3 is 14.6 Å². The molecule has 1 atom stereocenters. The summed E-state index contributed by atoms with van der Waals surface area (Å²) in [5.74, 6) is -1.91.